The maximum atomic E-state index is 12.6. The number of benzene rings is 2. The molecule has 148 valence electrons. The molecule has 0 amide bonds. The number of rotatable bonds is 7. The van der Waals surface area contributed by atoms with Crippen molar-refractivity contribution in [2.75, 3.05) is 14.2 Å². The smallest absolute Gasteiger partial charge is 0.387 e. The number of aryl methyl sites for hydroxylation is 1. The Hall–Kier alpha value is -2.10. The first-order valence-electron chi connectivity index (χ1n) is 8.13. The highest BCUT2D eigenvalue weighted by molar-refractivity contribution is 14.0. The summed E-state index contributed by atoms with van der Waals surface area (Å²) >= 11 is 0. The fourth-order valence-corrected chi connectivity index (χ4v) is 2.32. The minimum absolute atomic E-state index is 0. The van der Waals surface area contributed by atoms with Gasteiger partial charge in [0.1, 0.15) is 11.5 Å². The van der Waals surface area contributed by atoms with Gasteiger partial charge in [-0.15, -0.1) is 24.0 Å². The number of hydrogen-bond donors (Lipinski definition) is 2. The van der Waals surface area contributed by atoms with Crippen LogP contribution in [0.3, 0.4) is 0 Å². The monoisotopic (exact) mass is 491 g/mol. The number of halogens is 3. The van der Waals surface area contributed by atoms with Crippen molar-refractivity contribution in [3.05, 3.63) is 59.2 Å². The Balaban J connectivity index is 0.00000364. The molecule has 2 aromatic carbocycles. The van der Waals surface area contributed by atoms with Gasteiger partial charge in [0.05, 0.1) is 7.11 Å². The molecule has 0 unspecified atom stereocenters. The van der Waals surface area contributed by atoms with Gasteiger partial charge in [0.2, 0.25) is 0 Å². The zero-order valence-corrected chi connectivity index (χ0v) is 17.8. The molecule has 0 saturated carbocycles. The molecule has 5 nitrogen and oxygen atoms in total. The van der Waals surface area contributed by atoms with Gasteiger partial charge in [0.15, 0.2) is 5.96 Å². The molecule has 0 saturated heterocycles. The van der Waals surface area contributed by atoms with Gasteiger partial charge in [0, 0.05) is 25.7 Å². The summed E-state index contributed by atoms with van der Waals surface area (Å²) in [6.45, 7) is -0.00277. The Morgan fingerprint density at radius 1 is 1.07 bits per heavy atom. The van der Waals surface area contributed by atoms with Gasteiger partial charge in [-0.25, -0.2) is 0 Å². The molecule has 0 atom stereocenters. The average molecular weight is 491 g/mol. The predicted octanol–water partition coefficient (Wildman–Crippen LogP) is 4.09. The van der Waals surface area contributed by atoms with E-state index in [-0.39, 0.29) is 36.3 Å². The lowest BCUT2D eigenvalue weighted by Gasteiger charge is -2.15. The van der Waals surface area contributed by atoms with E-state index >= 15 is 0 Å². The van der Waals surface area contributed by atoms with E-state index in [0.29, 0.717) is 23.8 Å². The molecule has 0 heterocycles. The van der Waals surface area contributed by atoms with E-state index in [1.54, 1.807) is 19.2 Å². The van der Waals surface area contributed by atoms with Gasteiger partial charge in [-0.1, -0.05) is 29.8 Å². The van der Waals surface area contributed by atoms with Crippen LogP contribution in [0.4, 0.5) is 8.78 Å². The lowest BCUT2D eigenvalue weighted by Crippen LogP contribution is -2.36. The third-order valence-electron chi connectivity index (χ3n) is 3.73. The second-order valence-corrected chi connectivity index (χ2v) is 5.62. The number of alkyl halides is 2. The minimum atomic E-state index is -2.89. The van der Waals surface area contributed by atoms with Crippen LogP contribution in [0.15, 0.2) is 47.5 Å². The zero-order valence-electron chi connectivity index (χ0n) is 15.5. The van der Waals surface area contributed by atoms with E-state index in [0.717, 1.165) is 5.56 Å². The normalized spacial score (nSPS) is 11.0. The van der Waals surface area contributed by atoms with Crippen molar-refractivity contribution in [2.24, 2.45) is 4.99 Å². The van der Waals surface area contributed by atoms with Crippen molar-refractivity contribution in [1.29, 1.82) is 0 Å². The molecule has 0 aliphatic heterocycles. The average Bonchev–Trinajstić information content (AvgIpc) is 2.64. The van der Waals surface area contributed by atoms with Gasteiger partial charge in [0.25, 0.3) is 0 Å². The Morgan fingerprint density at radius 3 is 2.33 bits per heavy atom. The largest absolute Gasteiger partial charge is 0.497 e. The third kappa shape index (κ3) is 7.58. The molecule has 2 aromatic rings. The molecule has 0 aromatic heterocycles. The third-order valence-corrected chi connectivity index (χ3v) is 3.73. The Bertz CT molecular complexity index is 740. The number of nitrogens with zero attached hydrogens (tertiary/aromatic N) is 1. The second kappa shape index (κ2) is 11.6. The van der Waals surface area contributed by atoms with E-state index in [4.69, 9.17) is 4.74 Å². The van der Waals surface area contributed by atoms with Crippen molar-refractivity contribution in [1.82, 2.24) is 10.6 Å². The molecule has 0 fully saturated rings. The number of hydrogen-bond acceptors (Lipinski definition) is 3. The maximum absolute atomic E-state index is 12.6. The van der Waals surface area contributed by atoms with Gasteiger partial charge >= 0.3 is 6.61 Å². The van der Waals surface area contributed by atoms with Gasteiger partial charge in [-0.3, -0.25) is 4.99 Å². The standard InChI is InChI=1S/C19H23F2N3O2.HI/c1-13-4-6-14(7-5-13)11-23-19(22-2)24-12-15-10-16(25-3)8-9-17(15)26-18(20)21;/h4-10,18H,11-12H2,1-3H3,(H2,22,23,24);1H. The molecule has 2 rings (SSSR count). The highest BCUT2D eigenvalue weighted by Crippen LogP contribution is 2.25. The Labute approximate surface area is 175 Å². The van der Waals surface area contributed by atoms with Gasteiger partial charge in [-0.05, 0) is 30.7 Å². The molecular weight excluding hydrogens is 467 g/mol. The van der Waals surface area contributed by atoms with E-state index in [1.165, 1.54) is 18.7 Å². The fourth-order valence-electron chi connectivity index (χ4n) is 2.32. The topological polar surface area (TPSA) is 54.9 Å². The van der Waals surface area contributed by atoms with Crippen molar-refractivity contribution in [3.63, 3.8) is 0 Å². The van der Waals surface area contributed by atoms with Crippen LogP contribution < -0.4 is 20.1 Å². The van der Waals surface area contributed by atoms with E-state index in [9.17, 15) is 8.78 Å². The minimum Gasteiger partial charge on any atom is -0.497 e. The Kier molecular flexibility index (Phi) is 9.84. The number of nitrogens with one attached hydrogen (secondary N) is 2. The molecule has 0 bridgehead atoms. The summed E-state index contributed by atoms with van der Waals surface area (Å²) in [5.74, 6) is 1.21. The van der Waals surface area contributed by atoms with Crippen LogP contribution in [-0.4, -0.2) is 26.7 Å². The van der Waals surface area contributed by atoms with Crippen LogP contribution >= 0.6 is 24.0 Å². The quantitative estimate of drug-likeness (QED) is 0.348. The number of methoxy groups -OCH3 is 1. The van der Waals surface area contributed by atoms with Crippen molar-refractivity contribution in [2.45, 2.75) is 26.6 Å². The lowest BCUT2D eigenvalue weighted by atomic mass is 10.1. The highest BCUT2D eigenvalue weighted by Gasteiger charge is 2.11. The van der Waals surface area contributed by atoms with Crippen LogP contribution in [0.25, 0.3) is 0 Å². The molecular formula is C19H24F2IN3O2. The molecule has 8 heteroatoms. The summed E-state index contributed by atoms with van der Waals surface area (Å²) in [5.41, 5.74) is 2.85. The maximum Gasteiger partial charge on any atom is 0.387 e. The first-order chi connectivity index (χ1) is 12.5. The highest BCUT2D eigenvalue weighted by atomic mass is 127. The van der Waals surface area contributed by atoms with Crippen molar-refractivity contribution in [3.8, 4) is 11.5 Å². The van der Waals surface area contributed by atoms with Crippen molar-refractivity contribution < 1.29 is 18.3 Å². The van der Waals surface area contributed by atoms with E-state index < -0.39 is 6.61 Å². The SMILES string of the molecule is CN=C(NCc1ccc(C)cc1)NCc1cc(OC)ccc1OC(F)F.I. The second-order valence-electron chi connectivity index (χ2n) is 5.62. The first-order valence-corrected chi connectivity index (χ1v) is 8.13. The van der Waals surface area contributed by atoms with E-state index in [1.807, 2.05) is 31.2 Å². The van der Waals surface area contributed by atoms with Gasteiger partial charge in [-0.2, -0.15) is 8.78 Å². The molecule has 27 heavy (non-hydrogen) atoms. The predicted molar refractivity (Wildman–Crippen MR) is 113 cm³/mol. The molecule has 2 N–H and O–H groups in total. The summed E-state index contributed by atoms with van der Waals surface area (Å²) in [5, 5.41) is 6.27. The van der Waals surface area contributed by atoms with Crippen LogP contribution in [0.1, 0.15) is 16.7 Å². The number of guanidine groups is 1. The molecule has 0 aliphatic rings. The first kappa shape index (κ1) is 22.9. The zero-order chi connectivity index (χ0) is 18.9. The van der Waals surface area contributed by atoms with Crippen LogP contribution in [0, 0.1) is 6.92 Å². The molecule has 0 aliphatic carbocycles. The summed E-state index contributed by atoms with van der Waals surface area (Å²) < 4.78 is 34.9. The van der Waals surface area contributed by atoms with E-state index in [2.05, 4.69) is 20.4 Å². The van der Waals surface area contributed by atoms with Gasteiger partial charge < -0.3 is 20.1 Å². The van der Waals surface area contributed by atoms with Crippen LogP contribution in [-0.2, 0) is 13.1 Å². The Morgan fingerprint density at radius 2 is 1.74 bits per heavy atom. The van der Waals surface area contributed by atoms with Crippen LogP contribution in [0.2, 0.25) is 0 Å². The van der Waals surface area contributed by atoms with Crippen molar-refractivity contribution >= 4 is 29.9 Å². The van der Waals surface area contributed by atoms with Crippen LogP contribution in [0.5, 0.6) is 11.5 Å². The lowest BCUT2D eigenvalue weighted by molar-refractivity contribution is -0.0504. The summed E-state index contributed by atoms with van der Waals surface area (Å²) in [6, 6.07) is 12.8. The summed E-state index contributed by atoms with van der Waals surface area (Å²) in [4.78, 5) is 4.14. The molecule has 0 radical (unpaired) electrons. The summed E-state index contributed by atoms with van der Waals surface area (Å²) in [7, 11) is 3.16. The number of ether oxygens (including phenoxy) is 2. The number of aliphatic imine (C=N–C) groups is 1. The fraction of sp³-hybridized carbons (Fsp3) is 0.316. The molecule has 0 spiro atoms. The summed E-state index contributed by atoms with van der Waals surface area (Å²) in [6.07, 6.45) is 0.